The molecule has 1 aromatic heterocycles. The van der Waals surface area contributed by atoms with Crippen molar-refractivity contribution in [1.29, 1.82) is 0 Å². The van der Waals surface area contributed by atoms with Crippen LogP contribution in [0.4, 0.5) is 5.69 Å². The second-order valence-corrected chi connectivity index (χ2v) is 7.76. The van der Waals surface area contributed by atoms with E-state index in [4.69, 9.17) is 28.6 Å². The first-order valence-electron chi connectivity index (χ1n) is 8.08. The van der Waals surface area contributed by atoms with Crippen LogP contribution in [0.5, 0.6) is 0 Å². The van der Waals surface area contributed by atoms with Crippen molar-refractivity contribution in [3.8, 4) is 0 Å². The minimum atomic E-state index is 0.255. The van der Waals surface area contributed by atoms with Crippen LogP contribution in [0.15, 0.2) is 35.7 Å². The fourth-order valence-electron chi connectivity index (χ4n) is 2.78. The first-order valence-corrected chi connectivity index (χ1v) is 9.75. The highest BCUT2D eigenvalue weighted by Crippen LogP contribution is 2.24. The molecule has 3 nitrogen and oxygen atoms in total. The smallest absolute Gasteiger partial charge is 0.173 e. The number of ether oxygens (including phenoxy) is 1. The lowest BCUT2D eigenvalue weighted by Gasteiger charge is -2.28. The van der Waals surface area contributed by atoms with Crippen LogP contribution in [0.25, 0.3) is 0 Å². The van der Waals surface area contributed by atoms with Gasteiger partial charge in [0.2, 0.25) is 0 Å². The van der Waals surface area contributed by atoms with E-state index in [2.05, 4.69) is 27.7 Å². The number of thiophene rings is 1. The molecule has 1 aromatic carbocycles. The van der Waals surface area contributed by atoms with Gasteiger partial charge in [-0.25, -0.2) is 0 Å². The predicted octanol–water partition coefficient (Wildman–Crippen LogP) is 5.09. The van der Waals surface area contributed by atoms with E-state index >= 15 is 0 Å². The van der Waals surface area contributed by atoms with Crippen molar-refractivity contribution in [3.05, 3.63) is 51.2 Å². The molecule has 0 radical (unpaired) electrons. The maximum absolute atomic E-state index is 6.21. The minimum Gasteiger partial charge on any atom is -0.376 e. The zero-order valence-electron chi connectivity index (χ0n) is 13.6. The Morgan fingerprint density at radius 1 is 1.42 bits per heavy atom. The molecular formula is C18H21ClN2OS2. The second-order valence-electron chi connectivity index (χ2n) is 5.94. The quantitative estimate of drug-likeness (QED) is 0.730. The molecule has 0 bridgehead atoms. The van der Waals surface area contributed by atoms with E-state index < -0.39 is 0 Å². The third kappa shape index (κ3) is 4.48. The molecule has 0 saturated carbocycles. The van der Waals surface area contributed by atoms with Crippen LogP contribution in [0.1, 0.15) is 23.3 Å². The maximum Gasteiger partial charge on any atom is 0.173 e. The van der Waals surface area contributed by atoms with Crippen LogP contribution in [-0.2, 0) is 11.3 Å². The third-order valence-electron chi connectivity index (χ3n) is 4.17. The van der Waals surface area contributed by atoms with E-state index in [0.717, 1.165) is 48.8 Å². The molecule has 0 spiro atoms. The molecule has 128 valence electrons. The van der Waals surface area contributed by atoms with Gasteiger partial charge in [-0.1, -0.05) is 23.7 Å². The summed E-state index contributed by atoms with van der Waals surface area (Å²) in [6.07, 6.45) is 2.48. The second kappa shape index (κ2) is 8.30. The van der Waals surface area contributed by atoms with Gasteiger partial charge in [0.05, 0.1) is 12.6 Å². The van der Waals surface area contributed by atoms with E-state index in [1.54, 1.807) is 11.3 Å². The summed E-state index contributed by atoms with van der Waals surface area (Å²) in [5.41, 5.74) is 1.96. The van der Waals surface area contributed by atoms with Crippen molar-refractivity contribution in [3.63, 3.8) is 0 Å². The van der Waals surface area contributed by atoms with Crippen molar-refractivity contribution in [1.82, 2.24) is 4.90 Å². The summed E-state index contributed by atoms with van der Waals surface area (Å²) in [4.78, 5) is 3.48. The lowest BCUT2D eigenvalue weighted by molar-refractivity contribution is 0.0907. The summed E-state index contributed by atoms with van der Waals surface area (Å²) in [6.45, 7) is 4.45. The van der Waals surface area contributed by atoms with Gasteiger partial charge in [-0.3, -0.25) is 0 Å². The number of hydrogen-bond donors (Lipinski definition) is 1. The molecule has 0 unspecified atom stereocenters. The Hall–Kier alpha value is -1.14. The van der Waals surface area contributed by atoms with Gasteiger partial charge >= 0.3 is 0 Å². The monoisotopic (exact) mass is 380 g/mol. The van der Waals surface area contributed by atoms with E-state index in [-0.39, 0.29) is 6.10 Å². The Labute approximate surface area is 157 Å². The Kier molecular flexibility index (Phi) is 6.11. The molecule has 24 heavy (non-hydrogen) atoms. The standard InChI is InChI=1S/C18H21ClN2OS2/c1-13-16(19)7-2-8-17(13)20-18(23)21(11-14-5-3-9-22-14)12-15-6-4-10-24-15/h2,4,6-8,10,14H,3,5,9,11-12H2,1H3,(H,20,23)/t14-/m0/s1. The van der Waals surface area contributed by atoms with Gasteiger partial charge in [0, 0.05) is 28.7 Å². The number of rotatable bonds is 5. The van der Waals surface area contributed by atoms with E-state index in [1.807, 2.05) is 25.1 Å². The highest BCUT2D eigenvalue weighted by Gasteiger charge is 2.21. The molecule has 2 aromatic rings. The molecule has 3 rings (SSSR count). The van der Waals surface area contributed by atoms with Crippen molar-refractivity contribution in [2.24, 2.45) is 0 Å². The highest BCUT2D eigenvalue weighted by atomic mass is 35.5. The average Bonchev–Trinajstić information content (AvgIpc) is 3.25. The minimum absolute atomic E-state index is 0.255. The van der Waals surface area contributed by atoms with Crippen LogP contribution < -0.4 is 5.32 Å². The van der Waals surface area contributed by atoms with E-state index in [1.165, 1.54) is 4.88 Å². The van der Waals surface area contributed by atoms with Crippen molar-refractivity contribution in [2.45, 2.75) is 32.4 Å². The molecule has 0 aliphatic carbocycles. The molecule has 6 heteroatoms. The summed E-state index contributed by atoms with van der Waals surface area (Å²) >= 11 is 13.7. The number of anilines is 1. The molecule has 2 heterocycles. The number of nitrogens with one attached hydrogen (secondary N) is 1. The molecule has 1 aliphatic heterocycles. The van der Waals surface area contributed by atoms with E-state index in [9.17, 15) is 0 Å². The lowest BCUT2D eigenvalue weighted by Crippen LogP contribution is -2.39. The molecular weight excluding hydrogens is 360 g/mol. The largest absolute Gasteiger partial charge is 0.376 e. The number of hydrogen-bond acceptors (Lipinski definition) is 3. The molecule has 1 saturated heterocycles. The van der Waals surface area contributed by atoms with Gasteiger partial charge in [-0.2, -0.15) is 0 Å². The van der Waals surface area contributed by atoms with Crippen LogP contribution in [0, 0.1) is 6.92 Å². The van der Waals surface area contributed by atoms with Gasteiger partial charge < -0.3 is 15.0 Å². The number of benzene rings is 1. The molecule has 1 fully saturated rings. The van der Waals surface area contributed by atoms with Gasteiger partial charge in [-0.05, 0) is 61.1 Å². The SMILES string of the molecule is Cc1c(Cl)cccc1NC(=S)N(Cc1cccs1)C[C@@H]1CCCO1. The number of halogens is 1. The third-order valence-corrected chi connectivity index (χ3v) is 5.80. The fraction of sp³-hybridized carbons (Fsp3) is 0.389. The first-order chi connectivity index (χ1) is 11.6. The van der Waals surface area contributed by atoms with E-state index in [0.29, 0.717) is 5.11 Å². The number of nitrogens with zero attached hydrogens (tertiary/aromatic N) is 1. The Morgan fingerprint density at radius 2 is 2.29 bits per heavy atom. The average molecular weight is 381 g/mol. The summed E-state index contributed by atoms with van der Waals surface area (Å²) in [5.74, 6) is 0. The van der Waals surface area contributed by atoms with Gasteiger partial charge in [0.15, 0.2) is 5.11 Å². The molecule has 1 atom stereocenters. The van der Waals surface area contributed by atoms with Crippen LogP contribution in [0.2, 0.25) is 5.02 Å². The first kappa shape index (κ1) is 17.7. The lowest BCUT2D eigenvalue weighted by atomic mass is 10.2. The predicted molar refractivity (Wildman–Crippen MR) is 106 cm³/mol. The maximum atomic E-state index is 6.21. The normalized spacial score (nSPS) is 17.0. The molecule has 0 amide bonds. The summed E-state index contributed by atoms with van der Waals surface area (Å²) in [5, 5.41) is 6.91. The zero-order valence-corrected chi connectivity index (χ0v) is 16.0. The zero-order chi connectivity index (χ0) is 16.9. The van der Waals surface area contributed by atoms with Crippen LogP contribution >= 0.6 is 35.2 Å². The highest BCUT2D eigenvalue weighted by molar-refractivity contribution is 7.80. The van der Waals surface area contributed by atoms with Crippen molar-refractivity contribution >= 4 is 46.0 Å². The Balaban J connectivity index is 1.72. The summed E-state index contributed by atoms with van der Waals surface area (Å²) in [7, 11) is 0. The molecule has 1 N–H and O–H groups in total. The Bertz CT molecular complexity index is 684. The van der Waals surface area contributed by atoms with Gasteiger partial charge in [-0.15, -0.1) is 11.3 Å². The van der Waals surface area contributed by atoms with Crippen molar-refractivity contribution in [2.75, 3.05) is 18.5 Å². The van der Waals surface area contributed by atoms with Crippen LogP contribution in [-0.4, -0.2) is 29.3 Å². The van der Waals surface area contributed by atoms with Gasteiger partial charge in [0.1, 0.15) is 0 Å². The topological polar surface area (TPSA) is 24.5 Å². The summed E-state index contributed by atoms with van der Waals surface area (Å²) in [6, 6.07) is 10.0. The number of thiocarbonyl (C=S) groups is 1. The Morgan fingerprint density at radius 3 is 3.00 bits per heavy atom. The van der Waals surface area contributed by atoms with Crippen LogP contribution in [0.3, 0.4) is 0 Å². The van der Waals surface area contributed by atoms with Gasteiger partial charge in [0.25, 0.3) is 0 Å². The molecule has 1 aliphatic rings. The summed E-state index contributed by atoms with van der Waals surface area (Å²) < 4.78 is 5.80. The fourth-order valence-corrected chi connectivity index (χ4v) is 3.92. The van der Waals surface area contributed by atoms with Crippen molar-refractivity contribution < 1.29 is 4.74 Å².